The van der Waals surface area contributed by atoms with Gasteiger partial charge < -0.3 is 14.8 Å². The molecule has 1 fully saturated rings. The maximum absolute atomic E-state index is 13.2. The number of likely N-dealkylation sites (tertiary alicyclic amines) is 1. The van der Waals surface area contributed by atoms with Gasteiger partial charge in [-0.25, -0.2) is 0 Å². The van der Waals surface area contributed by atoms with Crippen molar-refractivity contribution in [1.29, 1.82) is 0 Å². The van der Waals surface area contributed by atoms with Crippen LogP contribution in [0, 0.1) is 5.92 Å². The molecule has 148 valence electrons. The van der Waals surface area contributed by atoms with Crippen molar-refractivity contribution >= 4 is 22.7 Å². The Kier molecular flexibility index (Phi) is 5.21. The molecule has 2 heterocycles. The van der Waals surface area contributed by atoms with Crippen LogP contribution in [0.2, 0.25) is 0 Å². The molecule has 29 heavy (non-hydrogen) atoms. The normalized spacial score (nSPS) is 18.7. The zero-order valence-electron chi connectivity index (χ0n) is 16.5. The number of carbonyl (C=O) groups is 2. The maximum atomic E-state index is 13.2. The molecule has 1 aromatic heterocycles. The average Bonchev–Trinajstić information content (AvgIpc) is 3.39. The average molecular weight is 387 g/mol. The zero-order valence-corrected chi connectivity index (χ0v) is 16.5. The second kappa shape index (κ2) is 7.95. The van der Waals surface area contributed by atoms with Gasteiger partial charge in [0.1, 0.15) is 0 Å². The first-order valence-electron chi connectivity index (χ1n) is 9.85. The molecule has 2 amide bonds. The number of hydrogen-bond acceptors (Lipinski definition) is 2. The molecule has 4 rings (SSSR count). The molecule has 1 aliphatic rings. The second-order valence-electron chi connectivity index (χ2n) is 7.69. The number of H-pyrrole nitrogens is 1. The van der Waals surface area contributed by atoms with E-state index in [1.54, 1.807) is 11.9 Å². The summed E-state index contributed by atoms with van der Waals surface area (Å²) < 4.78 is 0. The van der Waals surface area contributed by atoms with Crippen LogP contribution in [0.5, 0.6) is 0 Å². The Bertz CT molecular complexity index is 1040. The van der Waals surface area contributed by atoms with Crippen LogP contribution >= 0.6 is 0 Å². The van der Waals surface area contributed by atoms with Crippen LogP contribution in [0.3, 0.4) is 0 Å². The highest BCUT2D eigenvalue weighted by molar-refractivity contribution is 5.98. The Morgan fingerprint density at radius 2 is 1.97 bits per heavy atom. The van der Waals surface area contributed by atoms with Crippen LogP contribution in [0.1, 0.15) is 21.8 Å². The molecule has 1 N–H and O–H groups in total. The zero-order chi connectivity index (χ0) is 20.4. The molecule has 0 saturated carbocycles. The summed E-state index contributed by atoms with van der Waals surface area (Å²) in [4.78, 5) is 32.0. The van der Waals surface area contributed by atoms with Gasteiger partial charge in [0, 0.05) is 61.2 Å². The molecule has 0 bridgehead atoms. The quantitative estimate of drug-likeness (QED) is 0.679. The van der Waals surface area contributed by atoms with Crippen molar-refractivity contribution < 1.29 is 9.59 Å². The van der Waals surface area contributed by atoms with Crippen molar-refractivity contribution in [2.75, 3.05) is 26.7 Å². The lowest BCUT2D eigenvalue weighted by atomic mass is 9.88. The summed E-state index contributed by atoms with van der Waals surface area (Å²) in [6.45, 7) is 5.44. The minimum absolute atomic E-state index is 0.0363. The van der Waals surface area contributed by atoms with Crippen molar-refractivity contribution in [2.24, 2.45) is 5.92 Å². The number of nitrogens with one attached hydrogen (secondary N) is 1. The maximum Gasteiger partial charge on any atom is 0.253 e. The van der Waals surface area contributed by atoms with E-state index in [2.05, 4.69) is 23.7 Å². The fourth-order valence-electron chi connectivity index (χ4n) is 4.27. The molecular weight excluding hydrogens is 362 g/mol. The van der Waals surface area contributed by atoms with E-state index in [0.29, 0.717) is 25.2 Å². The van der Waals surface area contributed by atoms with E-state index in [9.17, 15) is 9.59 Å². The lowest BCUT2D eigenvalue weighted by Gasteiger charge is -2.24. The van der Waals surface area contributed by atoms with Crippen LogP contribution in [0.4, 0.5) is 0 Å². The van der Waals surface area contributed by atoms with Gasteiger partial charge >= 0.3 is 0 Å². The molecule has 5 nitrogen and oxygen atoms in total. The Morgan fingerprint density at radius 1 is 1.17 bits per heavy atom. The summed E-state index contributed by atoms with van der Waals surface area (Å²) in [7, 11) is 1.79. The van der Waals surface area contributed by atoms with E-state index in [1.165, 1.54) is 11.6 Å². The van der Waals surface area contributed by atoms with Gasteiger partial charge in [-0.3, -0.25) is 9.59 Å². The number of amides is 2. The standard InChI is InChI=1S/C24H25N3O2/c1-3-23(28)26(2)14-20-15-27(16-21(20)17-7-5-4-6-8-17)24(29)19-9-10-22-18(13-19)11-12-25-22/h3-13,20-21,25H,1,14-16H2,2H3/t20?,21-/m1/s1. The molecule has 1 unspecified atom stereocenters. The minimum Gasteiger partial charge on any atom is -0.361 e. The Labute approximate surface area is 170 Å². The summed E-state index contributed by atoms with van der Waals surface area (Å²) >= 11 is 0. The fraction of sp³-hybridized carbons (Fsp3) is 0.250. The largest absolute Gasteiger partial charge is 0.361 e. The fourth-order valence-corrected chi connectivity index (χ4v) is 4.27. The molecule has 0 spiro atoms. The third kappa shape index (κ3) is 3.81. The number of carbonyl (C=O) groups excluding carboxylic acids is 2. The first-order chi connectivity index (χ1) is 14.1. The molecule has 1 saturated heterocycles. The van der Waals surface area contributed by atoms with E-state index < -0.39 is 0 Å². The number of aromatic nitrogens is 1. The van der Waals surface area contributed by atoms with Gasteiger partial charge in [-0.2, -0.15) is 0 Å². The van der Waals surface area contributed by atoms with Gasteiger partial charge in [0.2, 0.25) is 5.91 Å². The number of fused-ring (bicyclic) bond motifs is 1. The highest BCUT2D eigenvalue weighted by Crippen LogP contribution is 2.34. The Balaban J connectivity index is 1.58. The highest BCUT2D eigenvalue weighted by Gasteiger charge is 2.37. The molecule has 1 aliphatic heterocycles. The molecule has 3 aromatic rings. The van der Waals surface area contributed by atoms with Gasteiger partial charge in [0.25, 0.3) is 5.91 Å². The van der Waals surface area contributed by atoms with Gasteiger partial charge in [0.05, 0.1) is 0 Å². The van der Waals surface area contributed by atoms with Crippen molar-refractivity contribution in [2.45, 2.75) is 5.92 Å². The summed E-state index contributed by atoms with van der Waals surface area (Å²) in [6, 6.07) is 18.0. The third-order valence-electron chi connectivity index (χ3n) is 5.82. The third-order valence-corrected chi connectivity index (χ3v) is 5.82. The molecular formula is C24H25N3O2. The first-order valence-corrected chi connectivity index (χ1v) is 9.85. The van der Waals surface area contributed by atoms with E-state index in [1.807, 2.05) is 53.6 Å². The molecule has 5 heteroatoms. The monoisotopic (exact) mass is 387 g/mol. The second-order valence-corrected chi connectivity index (χ2v) is 7.69. The summed E-state index contributed by atoms with van der Waals surface area (Å²) in [5, 5.41) is 1.03. The number of aromatic amines is 1. The predicted octanol–water partition coefficient (Wildman–Crippen LogP) is 3.67. The van der Waals surface area contributed by atoms with Crippen molar-refractivity contribution in [1.82, 2.24) is 14.8 Å². The van der Waals surface area contributed by atoms with E-state index in [-0.39, 0.29) is 23.7 Å². The highest BCUT2D eigenvalue weighted by atomic mass is 16.2. The van der Waals surface area contributed by atoms with Crippen molar-refractivity contribution in [3.8, 4) is 0 Å². The number of rotatable bonds is 5. The van der Waals surface area contributed by atoms with Gasteiger partial charge in [-0.05, 0) is 35.9 Å². The molecule has 0 radical (unpaired) electrons. The summed E-state index contributed by atoms with van der Waals surface area (Å²) in [5.41, 5.74) is 2.92. The van der Waals surface area contributed by atoms with Gasteiger partial charge in [-0.15, -0.1) is 0 Å². The van der Waals surface area contributed by atoms with Crippen molar-refractivity contribution in [3.05, 3.63) is 84.6 Å². The molecule has 2 atom stereocenters. The first kappa shape index (κ1) is 19.0. The number of benzene rings is 2. The SMILES string of the molecule is C=CC(=O)N(C)CC1CN(C(=O)c2ccc3[nH]ccc3c2)C[C@@H]1c1ccccc1. The molecule has 2 aromatic carbocycles. The Hall–Kier alpha value is -3.34. The van der Waals surface area contributed by atoms with Crippen LogP contribution in [0.15, 0.2) is 73.4 Å². The lowest BCUT2D eigenvalue weighted by molar-refractivity contribution is -0.125. The van der Waals surface area contributed by atoms with Gasteiger partial charge in [-0.1, -0.05) is 36.9 Å². The van der Waals surface area contributed by atoms with Crippen LogP contribution < -0.4 is 0 Å². The van der Waals surface area contributed by atoms with E-state index in [0.717, 1.165) is 10.9 Å². The summed E-state index contributed by atoms with van der Waals surface area (Å²) in [6.07, 6.45) is 3.21. The topological polar surface area (TPSA) is 56.4 Å². The van der Waals surface area contributed by atoms with E-state index in [4.69, 9.17) is 0 Å². The number of likely N-dealkylation sites (N-methyl/N-ethyl adjacent to an activating group) is 1. The van der Waals surface area contributed by atoms with Crippen LogP contribution in [-0.2, 0) is 4.79 Å². The lowest BCUT2D eigenvalue weighted by Crippen LogP contribution is -2.34. The van der Waals surface area contributed by atoms with Crippen LogP contribution in [-0.4, -0.2) is 53.3 Å². The minimum atomic E-state index is -0.0977. The Morgan fingerprint density at radius 3 is 2.72 bits per heavy atom. The number of hydrogen-bond donors (Lipinski definition) is 1. The molecule has 0 aliphatic carbocycles. The smallest absolute Gasteiger partial charge is 0.253 e. The van der Waals surface area contributed by atoms with Crippen LogP contribution in [0.25, 0.3) is 10.9 Å². The van der Waals surface area contributed by atoms with E-state index >= 15 is 0 Å². The number of nitrogens with zero attached hydrogens (tertiary/aromatic N) is 2. The predicted molar refractivity (Wildman–Crippen MR) is 115 cm³/mol. The van der Waals surface area contributed by atoms with Gasteiger partial charge in [0.15, 0.2) is 0 Å². The summed E-state index contributed by atoms with van der Waals surface area (Å²) in [5.74, 6) is 0.302. The van der Waals surface area contributed by atoms with Crippen molar-refractivity contribution in [3.63, 3.8) is 0 Å².